The van der Waals surface area contributed by atoms with Crippen molar-refractivity contribution in [3.8, 4) is 0 Å². The zero-order chi connectivity index (χ0) is 27.3. The van der Waals surface area contributed by atoms with Crippen molar-refractivity contribution in [2.45, 2.75) is 65.9 Å². The standard InChI is InChI=1S/C35H39NO2/c1-6-24(2)22-36-23-26(4)35(38)31-15-9-13-29(20-31)11-7-10-28-12-8-14-30(19-28)34(18-27(5)37)33-21-32(35)17-16-25(33)3/h8-9,12-24,38H,6-7,10-11H2,1-5H3/b26-23+,34-18-,36-22?. The number of carbonyl (C=O) groups excluding carboxylic acids is 1. The van der Waals surface area contributed by atoms with Crippen LogP contribution in [0, 0.1) is 12.8 Å². The first-order valence-corrected chi connectivity index (χ1v) is 13.7. The van der Waals surface area contributed by atoms with Crippen LogP contribution in [-0.2, 0) is 23.2 Å². The molecule has 4 rings (SSSR count). The highest BCUT2D eigenvalue weighted by molar-refractivity contribution is 5.99. The Kier molecular flexibility index (Phi) is 8.58. The third-order valence-electron chi connectivity index (χ3n) is 7.63. The summed E-state index contributed by atoms with van der Waals surface area (Å²) in [4.78, 5) is 17.0. The maximum atomic E-state index is 12.6. The molecule has 0 fully saturated rings. The molecule has 0 aromatic heterocycles. The van der Waals surface area contributed by atoms with Gasteiger partial charge in [0, 0.05) is 12.4 Å². The summed E-state index contributed by atoms with van der Waals surface area (Å²) in [6.45, 7) is 9.86. The molecule has 2 atom stereocenters. The topological polar surface area (TPSA) is 49.7 Å². The highest BCUT2D eigenvalue weighted by atomic mass is 16.3. The van der Waals surface area contributed by atoms with Crippen LogP contribution in [0.25, 0.3) is 5.57 Å². The molecule has 196 valence electrons. The highest BCUT2D eigenvalue weighted by Gasteiger charge is 2.35. The van der Waals surface area contributed by atoms with Crippen molar-refractivity contribution in [2.75, 3.05) is 0 Å². The molecule has 2 unspecified atom stereocenters. The SMILES string of the molecule is CCC(C)C=N/C=C(\C)C1(O)c2cccc(c2)CCCc2cccc(c2)/C(=C/C(C)=O)c2cc1ccc2C. The number of aliphatic hydroxyl groups is 1. The Morgan fingerprint density at radius 2 is 1.68 bits per heavy atom. The molecule has 3 heteroatoms. The maximum absolute atomic E-state index is 12.6. The van der Waals surface area contributed by atoms with Gasteiger partial charge in [0.2, 0.25) is 0 Å². The van der Waals surface area contributed by atoms with E-state index in [0.29, 0.717) is 5.92 Å². The van der Waals surface area contributed by atoms with Crippen molar-refractivity contribution in [1.29, 1.82) is 0 Å². The Morgan fingerprint density at radius 1 is 1.00 bits per heavy atom. The van der Waals surface area contributed by atoms with Gasteiger partial charge in [0.05, 0.1) is 0 Å². The van der Waals surface area contributed by atoms with Crippen LogP contribution in [0.4, 0.5) is 0 Å². The van der Waals surface area contributed by atoms with Gasteiger partial charge in [-0.05, 0) is 115 Å². The van der Waals surface area contributed by atoms with Crippen LogP contribution in [0.2, 0.25) is 0 Å². The smallest absolute Gasteiger partial charge is 0.153 e. The number of aryl methyl sites for hydroxylation is 3. The van der Waals surface area contributed by atoms with Gasteiger partial charge in [0.25, 0.3) is 0 Å². The predicted molar refractivity (Wildman–Crippen MR) is 159 cm³/mol. The van der Waals surface area contributed by atoms with Crippen molar-refractivity contribution in [1.82, 2.24) is 0 Å². The number of fused-ring (bicyclic) bond motifs is 6. The van der Waals surface area contributed by atoms with Crippen LogP contribution in [0.1, 0.15) is 79.5 Å². The first-order chi connectivity index (χ1) is 18.2. The van der Waals surface area contributed by atoms with E-state index in [9.17, 15) is 9.90 Å². The highest BCUT2D eigenvalue weighted by Crippen LogP contribution is 2.40. The molecule has 3 nitrogen and oxygen atoms in total. The summed E-state index contributed by atoms with van der Waals surface area (Å²) in [5.41, 5.74) is 7.29. The molecule has 3 aromatic rings. The van der Waals surface area contributed by atoms with E-state index in [1.165, 1.54) is 11.1 Å². The zero-order valence-electron chi connectivity index (χ0n) is 23.3. The van der Waals surface area contributed by atoms with Gasteiger partial charge in [-0.1, -0.05) is 74.5 Å². The number of carbonyl (C=O) groups is 1. The van der Waals surface area contributed by atoms with Gasteiger partial charge >= 0.3 is 0 Å². The third-order valence-corrected chi connectivity index (χ3v) is 7.63. The molecule has 3 aromatic carbocycles. The molecule has 6 bridgehead atoms. The largest absolute Gasteiger partial charge is 0.376 e. The van der Waals surface area contributed by atoms with E-state index in [2.05, 4.69) is 62.2 Å². The van der Waals surface area contributed by atoms with Gasteiger partial charge in [-0.25, -0.2) is 0 Å². The number of benzene rings is 3. The molecular weight excluding hydrogens is 466 g/mol. The lowest BCUT2D eigenvalue weighted by Gasteiger charge is -2.32. The molecule has 0 saturated heterocycles. The van der Waals surface area contributed by atoms with Gasteiger partial charge in [-0.3, -0.25) is 9.79 Å². The lowest BCUT2D eigenvalue weighted by atomic mass is 9.78. The van der Waals surface area contributed by atoms with Crippen molar-refractivity contribution in [3.05, 3.63) is 124 Å². The monoisotopic (exact) mass is 505 g/mol. The summed E-state index contributed by atoms with van der Waals surface area (Å²) in [6.07, 6.45) is 9.31. The number of ketones is 1. The zero-order valence-corrected chi connectivity index (χ0v) is 23.3. The fraction of sp³-hybridized carbons (Fsp3) is 0.314. The molecule has 1 N–H and O–H groups in total. The Bertz CT molecular complexity index is 1410. The van der Waals surface area contributed by atoms with Crippen LogP contribution in [0.5, 0.6) is 0 Å². The number of aliphatic imine (C=N–C) groups is 1. The minimum atomic E-state index is -1.38. The van der Waals surface area contributed by atoms with Gasteiger partial charge in [-0.15, -0.1) is 0 Å². The molecule has 1 aliphatic rings. The summed E-state index contributed by atoms with van der Waals surface area (Å²) in [6, 6.07) is 22.9. The number of rotatable bonds is 5. The normalized spacial score (nSPS) is 19.8. The van der Waals surface area contributed by atoms with Crippen molar-refractivity contribution < 1.29 is 9.90 Å². The molecule has 0 spiro atoms. The lowest BCUT2D eigenvalue weighted by Crippen LogP contribution is -2.29. The fourth-order valence-corrected chi connectivity index (χ4v) is 5.12. The predicted octanol–water partition coefficient (Wildman–Crippen LogP) is 7.76. The van der Waals surface area contributed by atoms with Gasteiger partial charge in [0.1, 0.15) is 5.60 Å². The quantitative estimate of drug-likeness (QED) is 0.284. The molecule has 38 heavy (non-hydrogen) atoms. The molecule has 0 saturated carbocycles. The Labute approximate surface area is 227 Å². The number of allylic oxidation sites excluding steroid dienone is 1. The average molecular weight is 506 g/mol. The van der Waals surface area contributed by atoms with Crippen LogP contribution in [0.15, 0.2) is 89.6 Å². The summed E-state index contributed by atoms with van der Waals surface area (Å²) < 4.78 is 0. The summed E-state index contributed by atoms with van der Waals surface area (Å²) in [7, 11) is 0. The van der Waals surface area contributed by atoms with Crippen LogP contribution >= 0.6 is 0 Å². The number of hydrogen-bond donors (Lipinski definition) is 1. The average Bonchev–Trinajstić information content (AvgIpc) is 2.91. The van der Waals surface area contributed by atoms with E-state index in [1.807, 2.05) is 43.5 Å². The fourth-order valence-electron chi connectivity index (χ4n) is 5.12. The van der Waals surface area contributed by atoms with Gasteiger partial charge < -0.3 is 5.11 Å². The lowest BCUT2D eigenvalue weighted by molar-refractivity contribution is -0.112. The number of hydrogen-bond acceptors (Lipinski definition) is 3. The molecule has 0 radical (unpaired) electrons. The van der Waals surface area contributed by atoms with Crippen LogP contribution < -0.4 is 0 Å². The van der Waals surface area contributed by atoms with Gasteiger partial charge in [0.15, 0.2) is 5.78 Å². The first-order valence-electron chi connectivity index (χ1n) is 13.7. The van der Waals surface area contributed by atoms with E-state index >= 15 is 0 Å². The second-order valence-corrected chi connectivity index (χ2v) is 10.7. The Balaban J connectivity index is 2.00. The molecule has 0 heterocycles. The number of nitrogens with zero attached hydrogens (tertiary/aromatic N) is 1. The van der Waals surface area contributed by atoms with E-state index < -0.39 is 5.60 Å². The van der Waals surface area contributed by atoms with E-state index in [-0.39, 0.29) is 5.78 Å². The molecular formula is C35H39NO2. The first kappa shape index (κ1) is 27.5. The minimum Gasteiger partial charge on any atom is -0.376 e. The van der Waals surface area contributed by atoms with Crippen molar-refractivity contribution in [3.63, 3.8) is 0 Å². The summed E-state index contributed by atoms with van der Waals surface area (Å²) >= 11 is 0. The van der Waals surface area contributed by atoms with Crippen molar-refractivity contribution >= 4 is 17.6 Å². The molecule has 0 aliphatic heterocycles. The van der Waals surface area contributed by atoms with E-state index in [1.54, 1.807) is 19.2 Å². The van der Waals surface area contributed by atoms with E-state index in [0.717, 1.165) is 64.6 Å². The molecule has 1 aliphatic carbocycles. The third kappa shape index (κ3) is 5.95. The van der Waals surface area contributed by atoms with E-state index in [4.69, 9.17) is 0 Å². The van der Waals surface area contributed by atoms with Crippen LogP contribution in [0.3, 0.4) is 0 Å². The van der Waals surface area contributed by atoms with Crippen LogP contribution in [-0.4, -0.2) is 17.1 Å². The van der Waals surface area contributed by atoms with Crippen molar-refractivity contribution in [2.24, 2.45) is 10.9 Å². The maximum Gasteiger partial charge on any atom is 0.153 e. The summed E-state index contributed by atoms with van der Waals surface area (Å²) in [5.74, 6) is 0.358. The molecule has 0 amide bonds. The Hall–Kier alpha value is -3.56. The minimum absolute atomic E-state index is 0.00487. The van der Waals surface area contributed by atoms with Gasteiger partial charge in [-0.2, -0.15) is 0 Å². The Morgan fingerprint density at radius 3 is 2.39 bits per heavy atom. The second kappa shape index (κ2) is 11.9. The second-order valence-electron chi connectivity index (χ2n) is 10.7. The summed E-state index contributed by atoms with van der Waals surface area (Å²) in [5, 5.41) is 12.6.